The van der Waals surface area contributed by atoms with Crippen LogP contribution in [-0.4, -0.2) is 13.3 Å². The molecule has 0 atom stereocenters. The molecule has 2 rings (SSSR count). The van der Waals surface area contributed by atoms with E-state index in [1.54, 1.807) is 5.19 Å². The maximum Gasteiger partial charge on any atom is 0.0672 e. The zero-order valence-corrected chi connectivity index (χ0v) is 12.9. The molecule has 0 bridgehead atoms. The second-order valence-electron chi connectivity index (χ2n) is 3.57. The summed E-state index contributed by atoms with van der Waals surface area (Å²) in [5.41, 5.74) is 0. The van der Waals surface area contributed by atoms with E-state index in [0.29, 0.717) is 3.74 Å². The van der Waals surface area contributed by atoms with Crippen molar-refractivity contribution in [1.29, 1.82) is 0 Å². The molecule has 78 valence electrons. The molecule has 2 aromatic rings. The molecule has 0 saturated heterocycles. The van der Waals surface area contributed by atoms with Crippen LogP contribution in [-0.2, 0) is 0 Å². The smallest absolute Gasteiger partial charge is 0.0672 e. The van der Waals surface area contributed by atoms with Gasteiger partial charge in [0.25, 0.3) is 0 Å². The number of alkyl halides is 2. The maximum atomic E-state index is 3.55. The lowest BCUT2D eigenvalue weighted by Crippen LogP contribution is -2.16. The normalized spacial score (nSPS) is 11.9. The van der Waals surface area contributed by atoms with E-state index in [4.69, 9.17) is 0 Å². The van der Waals surface area contributed by atoms with Crippen LogP contribution in [0.3, 0.4) is 0 Å². The van der Waals surface area contributed by atoms with E-state index in [-0.39, 0.29) is 9.52 Å². The highest BCUT2D eigenvalue weighted by atomic mass is 79.9. The van der Waals surface area contributed by atoms with E-state index >= 15 is 0 Å². The van der Waals surface area contributed by atoms with Crippen LogP contribution in [0.25, 0.3) is 10.8 Å². The van der Waals surface area contributed by atoms with Gasteiger partial charge in [-0.3, -0.25) is 0 Å². The Hall–Kier alpha value is -0.123. The largest absolute Gasteiger partial charge is 0.0768 e. The summed E-state index contributed by atoms with van der Waals surface area (Å²) in [6, 6.07) is 16.5. The number of hydrogen-bond acceptors (Lipinski definition) is 0. The summed E-state index contributed by atoms with van der Waals surface area (Å²) < 4.78 is 0.468. The zero-order chi connectivity index (χ0) is 10.7. The highest BCUT2D eigenvalue weighted by Gasteiger charge is 2.03. The minimum Gasteiger partial charge on any atom is -0.0768 e. The van der Waals surface area contributed by atoms with E-state index in [1.807, 2.05) is 0 Å². The monoisotopic (exact) mass is 342 g/mol. The molecule has 0 N–H and O–H groups in total. The molecule has 0 nitrogen and oxygen atoms in total. The Kier molecular flexibility index (Phi) is 4.00. The first kappa shape index (κ1) is 11.4. The summed E-state index contributed by atoms with van der Waals surface area (Å²) in [4.78, 5) is 0. The van der Waals surface area contributed by atoms with E-state index in [2.05, 4.69) is 74.3 Å². The van der Waals surface area contributed by atoms with Crippen LogP contribution >= 0.6 is 31.9 Å². The first-order valence-corrected chi connectivity index (χ1v) is 8.56. The molecular weight excluding hydrogens is 332 g/mol. The summed E-state index contributed by atoms with van der Waals surface area (Å²) in [5, 5.41) is 4.37. The molecule has 0 unspecified atom stereocenters. The van der Waals surface area contributed by atoms with Gasteiger partial charge in [0.15, 0.2) is 0 Å². The van der Waals surface area contributed by atoms with Gasteiger partial charge in [-0.15, -0.1) is 0 Å². The topological polar surface area (TPSA) is 0 Å². The highest BCUT2D eigenvalue weighted by Crippen LogP contribution is 2.14. The molecule has 0 aliphatic carbocycles. The zero-order valence-electron chi connectivity index (χ0n) is 8.29. The highest BCUT2D eigenvalue weighted by molar-refractivity contribution is 9.24. The van der Waals surface area contributed by atoms with Gasteiger partial charge in [-0.2, -0.15) is 0 Å². The fourth-order valence-electron chi connectivity index (χ4n) is 1.78. The molecule has 3 heteroatoms. The van der Waals surface area contributed by atoms with Crippen molar-refractivity contribution in [1.82, 2.24) is 0 Å². The predicted octanol–water partition coefficient (Wildman–Crippen LogP) is 3.17. The van der Waals surface area contributed by atoms with Gasteiger partial charge in [-0.25, -0.2) is 0 Å². The van der Waals surface area contributed by atoms with Crippen LogP contribution in [0.15, 0.2) is 42.5 Å². The van der Waals surface area contributed by atoms with Crippen LogP contribution in [0, 0.1) is 0 Å². The minimum atomic E-state index is -0.175. The second-order valence-corrected chi connectivity index (χ2v) is 8.85. The third-order valence-corrected chi connectivity index (χ3v) is 7.14. The Morgan fingerprint density at radius 3 is 2.53 bits per heavy atom. The Balaban J connectivity index is 2.34. The molecule has 0 aromatic heterocycles. The van der Waals surface area contributed by atoms with Crippen molar-refractivity contribution in [2.24, 2.45) is 0 Å². The van der Waals surface area contributed by atoms with Gasteiger partial charge in [-0.1, -0.05) is 79.5 Å². The third-order valence-electron chi connectivity index (χ3n) is 2.51. The van der Waals surface area contributed by atoms with Crippen molar-refractivity contribution in [2.45, 2.75) is 9.78 Å². The van der Waals surface area contributed by atoms with Crippen molar-refractivity contribution < 1.29 is 0 Å². The summed E-state index contributed by atoms with van der Waals surface area (Å²) >= 11 is 7.09. The van der Waals surface area contributed by atoms with Gasteiger partial charge in [-0.05, 0) is 16.8 Å². The summed E-state index contributed by atoms with van der Waals surface area (Å²) in [7, 11) is -0.175. The second kappa shape index (κ2) is 5.28. The lowest BCUT2D eigenvalue weighted by molar-refractivity contribution is 1.45. The first-order chi connectivity index (χ1) is 7.27. The Bertz CT molecular complexity index is 449. The maximum absolute atomic E-state index is 3.55. The van der Waals surface area contributed by atoms with Crippen LogP contribution in [0.2, 0.25) is 6.04 Å². The Morgan fingerprint density at radius 2 is 1.73 bits per heavy atom. The van der Waals surface area contributed by atoms with Crippen molar-refractivity contribution in [3.8, 4) is 0 Å². The lowest BCUT2D eigenvalue weighted by Gasteiger charge is -2.06. The molecule has 0 fully saturated rings. The molecule has 0 radical (unpaired) electrons. The molecule has 0 spiro atoms. The summed E-state index contributed by atoms with van der Waals surface area (Å²) in [5.74, 6) is 0. The van der Waals surface area contributed by atoms with Gasteiger partial charge in [0, 0.05) is 0 Å². The number of rotatable bonds is 3. The molecular formula is C12H12Br2Si. The minimum absolute atomic E-state index is 0.175. The standard InChI is InChI=1S/C12H12Br2Si/c13-12(14)8-15-11-7-3-5-9-4-1-2-6-10(9)11/h1-7,12H,8,15H2. The van der Waals surface area contributed by atoms with E-state index in [9.17, 15) is 0 Å². The fourth-order valence-corrected chi connectivity index (χ4v) is 4.57. The van der Waals surface area contributed by atoms with Gasteiger partial charge in [0.05, 0.1) is 13.3 Å². The quantitative estimate of drug-likeness (QED) is 0.593. The molecule has 2 aromatic carbocycles. The molecule has 0 aliphatic heterocycles. The molecule has 15 heavy (non-hydrogen) atoms. The summed E-state index contributed by atoms with van der Waals surface area (Å²) in [6.07, 6.45) is 0. The van der Waals surface area contributed by atoms with Crippen LogP contribution < -0.4 is 5.19 Å². The van der Waals surface area contributed by atoms with Crippen LogP contribution in [0.5, 0.6) is 0 Å². The number of benzene rings is 2. The van der Waals surface area contributed by atoms with E-state index < -0.39 is 0 Å². The third kappa shape index (κ3) is 2.92. The Labute approximate surface area is 109 Å². The van der Waals surface area contributed by atoms with Crippen molar-refractivity contribution >= 4 is 57.3 Å². The number of fused-ring (bicyclic) bond motifs is 1. The van der Waals surface area contributed by atoms with Crippen molar-refractivity contribution in [3.05, 3.63) is 42.5 Å². The fraction of sp³-hybridized carbons (Fsp3) is 0.167. The van der Waals surface area contributed by atoms with Crippen LogP contribution in [0.1, 0.15) is 0 Å². The van der Waals surface area contributed by atoms with Crippen LogP contribution in [0.4, 0.5) is 0 Å². The number of hydrogen-bond donors (Lipinski definition) is 0. The van der Waals surface area contributed by atoms with Gasteiger partial charge in [0.1, 0.15) is 0 Å². The van der Waals surface area contributed by atoms with Crippen molar-refractivity contribution in [3.63, 3.8) is 0 Å². The van der Waals surface area contributed by atoms with Gasteiger partial charge >= 0.3 is 0 Å². The van der Waals surface area contributed by atoms with Gasteiger partial charge in [0.2, 0.25) is 0 Å². The number of halogens is 2. The SMILES string of the molecule is BrC(Br)C[SiH2]c1cccc2ccccc12. The molecule has 0 saturated carbocycles. The Morgan fingerprint density at radius 1 is 1.00 bits per heavy atom. The van der Waals surface area contributed by atoms with Gasteiger partial charge < -0.3 is 0 Å². The first-order valence-electron chi connectivity index (χ1n) is 5.02. The molecule has 0 heterocycles. The predicted molar refractivity (Wildman–Crippen MR) is 78.6 cm³/mol. The van der Waals surface area contributed by atoms with Crippen molar-refractivity contribution in [2.75, 3.05) is 0 Å². The summed E-state index contributed by atoms with van der Waals surface area (Å²) in [6.45, 7) is 0. The average molecular weight is 344 g/mol. The molecule has 0 aliphatic rings. The van der Waals surface area contributed by atoms with E-state index in [1.165, 1.54) is 16.8 Å². The lowest BCUT2D eigenvalue weighted by atomic mass is 10.1. The molecule has 0 amide bonds. The van der Waals surface area contributed by atoms with E-state index in [0.717, 1.165) is 0 Å². The average Bonchev–Trinajstić information content (AvgIpc) is 2.26.